The zero-order chi connectivity index (χ0) is 19.5. The summed E-state index contributed by atoms with van der Waals surface area (Å²) in [4.78, 5) is 32.7. The highest BCUT2D eigenvalue weighted by atomic mass is 16.3. The second-order valence-electron chi connectivity index (χ2n) is 6.82. The van der Waals surface area contributed by atoms with Gasteiger partial charge in [0.05, 0.1) is 17.6 Å². The highest BCUT2D eigenvalue weighted by Crippen LogP contribution is 2.28. The molecule has 28 heavy (non-hydrogen) atoms. The topological polar surface area (TPSA) is 110 Å². The lowest BCUT2D eigenvalue weighted by Gasteiger charge is -2.26. The van der Waals surface area contributed by atoms with Gasteiger partial charge in [0.15, 0.2) is 0 Å². The van der Waals surface area contributed by atoms with Crippen LogP contribution in [0.15, 0.2) is 36.9 Å². The number of nitrogens with zero attached hydrogens (tertiary/aromatic N) is 5. The van der Waals surface area contributed by atoms with Crippen molar-refractivity contribution in [3.05, 3.63) is 42.5 Å². The number of amides is 1. The number of hydrogen-bond donors (Lipinski definition) is 3. The summed E-state index contributed by atoms with van der Waals surface area (Å²) in [6.07, 6.45) is 6.03. The largest absolute Gasteiger partial charge is 0.395 e. The molecule has 0 spiro atoms. The predicted molar refractivity (Wildman–Crippen MR) is 107 cm³/mol. The smallest absolute Gasteiger partial charge is 0.252 e. The molecule has 1 aliphatic heterocycles. The van der Waals surface area contributed by atoms with Crippen LogP contribution in [0.4, 0.5) is 11.6 Å². The molecule has 3 N–H and O–H groups in total. The van der Waals surface area contributed by atoms with Gasteiger partial charge in [-0.05, 0) is 24.6 Å². The molecule has 146 valence electrons. The Morgan fingerprint density at radius 1 is 1.36 bits per heavy atom. The molecule has 3 aromatic heterocycles. The number of likely N-dealkylation sites (N-methyl/N-ethyl adjacent to an activating group) is 1. The number of aliphatic hydroxyl groups is 1. The van der Waals surface area contributed by atoms with Crippen molar-refractivity contribution in [1.82, 2.24) is 25.3 Å². The van der Waals surface area contributed by atoms with Gasteiger partial charge in [-0.25, -0.2) is 15.0 Å². The maximum atomic E-state index is 11.9. The molecule has 0 aromatic carbocycles. The Morgan fingerprint density at radius 2 is 2.25 bits per heavy atom. The summed E-state index contributed by atoms with van der Waals surface area (Å²) in [5.74, 6) is 1.54. The first kappa shape index (κ1) is 18.2. The molecule has 4 heterocycles. The van der Waals surface area contributed by atoms with Crippen molar-refractivity contribution in [2.75, 3.05) is 43.1 Å². The third-order valence-corrected chi connectivity index (χ3v) is 5.11. The second-order valence-corrected chi connectivity index (χ2v) is 6.82. The normalized spacial score (nSPS) is 16.5. The van der Waals surface area contributed by atoms with Crippen molar-refractivity contribution in [2.24, 2.45) is 0 Å². The highest BCUT2D eigenvalue weighted by molar-refractivity contribution is 5.94. The standard InChI is InChI=1S/C19H23N7O2/c1-25(16-3-2-13(10-22-16)19(28)21-7-9-27)14-5-8-26(11-14)18-15-4-6-20-17(15)23-12-24-18/h2-4,6,10,12,14,27H,5,7-9,11H2,1H3,(H,21,28)(H,20,23,24). The molecule has 9 heteroatoms. The molecule has 1 aliphatic rings. The average molecular weight is 381 g/mol. The summed E-state index contributed by atoms with van der Waals surface area (Å²) in [6, 6.07) is 5.91. The fourth-order valence-electron chi connectivity index (χ4n) is 3.55. The van der Waals surface area contributed by atoms with Crippen molar-refractivity contribution >= 4 is 28.6 Å². The minimum absolute atomic E-state index is 0.0838. The molecule has 4 rings (SSSR count). The van der Waals surface area contributed by atoms with Crippen molar-refractivity contribution in [3.63, 3.8) is 0 Å². The Balaban J connectivity index is 1.44. The van der Waals surface area contributed by atoms with Crippen molar-refractivity contribution in [2.45, 2.75) is 12.5 Å². The fourth-order valence-corrected chi connectivity index (χ4v) is 3.55. The van der Waals surface area contributed by atoms with E-state index in [1.54, 1.807) is 18.6 Å². The summed E-state index contributed by atoms with van der Waals surface area (Å²) in [5.41, 5.74) is 1.33. The molecule has 1 amide bonds. The summed E-state index contributed by atoms with van der Waals surface area (Å²) < 4.78 is 0. The van der Waals surface area contributed by atoms with E-state index in [9.17, 15) is 4.79 Å². The number of carbonyl (C=O) groups is 1. The van der Waals surface area contributed by atoms with Crippen molar-refractivity contribution in [1.29, 1.82) is 0 Å². The highest BCUT2D eigenvalue weighted by Gasteiger charge is 2.28. The fraction of sp³-hybridized carbons (Fsp3) is 0.368. The molecule has 0 bridgehead atoms. The van der Waals surface area contributed by atoms with Crippen LogP contribution in [0.1, 0.15) is 16.8 Å². The molecule has 0 saturated carbocycles. The van der Waals surface area contributed by atoms with Crippen LogP contribution >= 0.6 is 0 Å². The van der Waals surface area contributed by atoms with Gasteiger partial charge in [-0.1, -0.05) is 0 Å². The quantitative estimate of drug-likeness (QED) is 0.579. The van der Waals surface area contributed by atoms with Gasteiger partial charge in [0.1, 0.15) is 23.6 Å². The molecular weight excluding hydrogens is 358 g/mol. The Morgan fingerprint density at radius 3 is 3.04 bits per heavy atom. The minimum Gasteiger partial charge on any atom is -0.395 e. The zero-order valence-corrected chi connectivity index (χ0v) is 15.7. The lowest BCUT2D eigenvalue weighted by molar-refractivity contribution is 0.0944. The SMILES string of the molecule is CN(c1ccc(C(=O)NCCO)cn1)C1CCN(c2ncnc3[nH]ccc23)C1. The maximum absolute atomic E-state index is 11.9. The summed E-state index contributed by atoms with van der Waals surface area (Å²) in [7, 11) is 2.02. The first-order chi connectivity index (χ1) is 13.7. The van der Waals surface area contributed by atoms with E-state index in [0.717, 1.165) is 42.2 Å². The average Bonchev–Trinajstić information content (AvgIpc) is 3.41. The van der Waals surface area contributed by atoms with Crippen LogP contribution in [-0.2, 0) is 0 Å². The van der Waals surface area contributed by atoms with Gasteiger partial charge in [0.25, 0.3) is 5.91 Å². The van der Waals surface area contributed by atoms with Gasteiger partial charge in [0, 0.05) is 45.1 Å². The van der Waals surface area contributed by atoms with Crippen LogP contribution in [0.3, 0.4) is 0 Å². The van der Waals surface area contributed by atoms with E-state index in [0.29, 0.717) is 11.6 Å². The number of aliphatic hydroxyl groups excluding tert-OH is 1. The lowest BCUT2D eigenvalue weighted by atomic mass is 10.2. The van der Waals surface area contributed by atoms with Gasteiger partial charge in [-0.2, -0.15) is 0 Å². The van der Waals surface area contributed by atoms with Crippen LogP contribution in [0.2, 0.25) is 0 Å². The van der Waals surface area contributed by atoms with Gasteiger partial charge in [-0.3, -0.25) is 4.79 Å². The van der Waals surface area contributed by atoms with Gasteiger partial charge in [-0.15, -0.1) is 0 Å². The van der Waals surface area contributed by atoms with Gasteiger partial charge < -0.3 is 25.2 Å². The third-order valence-electron chi connectivity index (χ3n) is 5.11. The number of fused-ring (bicyclic) bond motifs is 1. The van der Waals surface area contributed by atoms with E-state index in [-0.39, 0.29) is 19.1 Å². The molecule has 9 nitrogen and oxygen atoms in total. The van der Waals surface area contributed by atoms with E-state index in [2.05, 4.69) is 35.1 Å². The molecule has 1 atom stereocenters. The molecule has 1 saturated heterocycles. The first-order valence-corrected chi connectivity index (χ1v) is 9.28. The molecule has 0 radical (unpaired) electrons. The molecule has 3 aromatic rings. The Kier molecular flexibility index (Phi) is 5.07. The van der Waals surface area contributed by atoms with Crippen LogP contribution in [0.25, 0.3) is 11.0 Å². The summed E-state index contributed by atoms with van der Waals surface area (Å²) >= 11 is 0. The number of anilines is 2. The van der Waals surface area contributed by atoms with E-state index in [4.69, 9.17) is 5.11 Å². The van der Waals surface area contributed by atoms with Crippen LogP contribution in [-0.4, -0.2) is 70.3 Å². The van der Waals surface area contributed by atoms with E-state index in [1.807, 2.05) is 25.4 Å². The number of H-pyrrole nitrogens is 1. The summed E-state index contributed by atoms with van der Waals surface area (Å²) in [5, 5.41) is 12.5. The van der Waals surface area contributed by atoms with E-state index in [1.165, 1.54) is 0 Å². The Labute approximate surface area is 162 Å². The second kappa shape index (κ2) is 7.81. The van der Waals surface area contributed by atoms with E-state index >= 15 is 0 Å². The van der Waals surface area contributed by atoms with Crippen LogP contribution in [0.5, 0.6) is 0 Å². The van der Waals surface area contributed by atoms with Crippen LogP contribution in [0, 0.1) is 0 Å². The molecule has 1 unspecified atom stereocenters. The van der Waals surface area contributed by atoms with Crippen LogP contribution < -0.4 is 15.1 Å². The Hall–Kier alpha value is -3.20. The number of aromatic nitrogens is 4. The minimum atomic E-state index is -0.234. The van der Waals surface area contributed by atoms with E-state index < -0.39 is 0 Å². The Bertz CT molecular complexity index is 956. The van der Waals surface area contributed by atoms with Gasteiger partial charge >= 0.3 is 0 Å². The van der Waals surface area contributed by atoms with Crippen molar-refractivity contribution in [3.8, 4) is 0 Å². The molecule has 0 aliphatic carbocycles. The number of hydrogen-bond acceptors (Lipinski definition) is 7. The van der Waals surface area contributed by atoms with Crippen molar-refractivity contribution < 1.29 is 9.90 Å². The number of nitrogens with one attached hydrogen (secondary N) is 2. The first-order valence-electron chi connectivity index (χ1n) is 9.28. The zero-order valence-electron chi connectivity index (χ0n) is 15.7. The number of pyridine rings is 1. The predicted octanol–water partition coefficient (Wildman–Crippen LogP) is 0.790. The number of carbonyl (C=O) groups excluding carboxylic acids is 1. The molecular formula is C19H23N7O2. The monoisotopic (exact) mass is 381 g/mol. The van der Waals surface area contributed by atoms with Gasteiger partial charge in [0.2, 0.25) is 0 Å². The molecule has 1 fully saturated rings. The summed E-state index contributed by atoms with van der Waals surface area (Å²) in [6.45, 7) is 1.90. The number of rotatable bonds is 6. The third kappa shape index (κ3) is 3.48. The maximum Gasteiger partial charge on any atom is 0.252 e. The lowest BCUT2D eigenvalue weighted by Crippen LogP contribution is -2.35. The number of aromatic amines is 1.